The summed E-state index contributed by atoms with van der Waals surface area (Å²) in [5.74, 6) is 0.507. The van der Waals surface area contributed by atoms with Crippen LogP contribution < -0.4 is 0 Å². The Morgan fingerprint density at radius 1 is 0.972 bits per heavy atom. The summed E-state index contributed by atoms with van der Waals surface area (Å²) >= 11 is 0. The van der Waals surface area contributed by atoms with E-state index in [2.05, 4.69) is 82.1 Å². The molecule has 2 aliphatic rings. The van der Waals surface area contributed by atoms with Gasteiger partial charge < -0.3 is 4.42 Å². The molecule has 4 aromatic rings. The SMILES string of the molecule is C=CC1=NC2C(=C)/N=C(/C=C)c3c(ccc4c3oc3nc(C(C)C)ccc34)CCC2c2ccccc21. The van der Waals surface area contributed by atoms with Gasteiger partial charge in [-0.3, -0.25) is 9.98 Å². The monoisotopic (exact) mass is 471 g/mol. The molecule has 2 unspecified atom stereocenters. The number of aromatic nitrogens is 1. The van der Waals surface area contributed by atoms with Gasteiger partial charge in [0.1, 0.15) is 5.58 Å². The summed E-state index contributed by atoms with van der Waals surface area (Å²) in [5.41, 5.74) is 9.47. The zero-order chi connectivity index (χ0) is 25.0. The standard InChI is InChI=1S/C32H29N3O/c1-6-26-22-11-9-8-10-21(22)23-14-12-20-13-15-24-25-16-17-28(18(3)4)35-32(25)36-31(24)29(20)27(7-2)33-19(5)30(23)34-26/h6-11,13,15-18,23,30H,1-2,5,12,14H2,3-4H3/b33-27-. The molecular weight excluding hydrogens is 442 g/mol. The first-order chi connectivity index (χ1) is 17.5. The molecule has 2 aromatic heterocycles. The fraction of sp³-hybridized carbons (Fsp3) is 0.219. The van der Waals surface area contributed by atoms with Crippen molar-refractivity contribution in [2.24, 2.45) is 9.98 Å². The second-order valence-electron chi connectivity index (χ2n) is 9.91. The fourth-order valence-corrected chi connectivity index (χ4v) is 5.64. The summed E-state index contributed by atoms with van der Waals surface area (Å²) in [5, 5.41) is 2.06. The van der Waals surface area contributed by atoms with Gasteiger partial charge in [0.05, 0.1) is 23.2 Å². The van der Waals surface area contributed by atoms with E-state index in [0.29, 0.717) is 11.6 Å². The highest BCUT2D eigenvalue weighted by Crippen LogP contribution is 2.41. The average Bonchev–Trinajstić information content (AvgIpc) is 3.29. The molecule has 0 saturated heterocycles. The van der Waals surface area contributed by atoms with Gasteiger partial charge in [-0.25, -0.2) is 4.98 Å². The van der Waals surface area contributed by atoms with E-state index in [9.17, 15) is 0 Å². The molecule has 178 valence electrons. The molecule has 0 N–H and O–H groups in total. The second kappa shape index (κ2) is 8.56. The third-order valence-corrected chi connectivity index (χ3v) is 7.47. The molecule has 4 heteroatoms. The first-order valence-corrected chi connectivity index (χ1v) is 12.5. The topological polar surface area (TPSA) is 50.8 Å². The van der Waals surface area contributed by atoms with E-state index in [1.807, 2.05) is 6.08 Å². The molecule has 0 fully saturated rings. The maximum absolute atomic E-state index is 6.45. The van der Waals surface area contributed by atoms with Gasteiger partial charge in [0.15, 0.2) is 0 Å². The number of nitrogens with zero attached hydrogens (tertiary/aromatic N) is 3. The first kappa shape index (κ1) is 22.4. The lowest BCUT2D eigenvalue weighted by Gasteiger charge is -2.31. The summed E-state index contributed by atoms with van der Waals surface area (Å²) in [7, 11) is 0. The van der Waals surface area contributed by atoms with Crippen molar-refractivity contribution in [2.75, 3.05) is 0 Å². The molecule has 2 aromatic carbocycles. The maximum atomic E-state index is 6.45. The van der Waals surface area contributed by atoms with Crippen LogP contribution in [-0.4, -0.2) is 22.4 Å². The Labute approximate surface area is 211 Å². The predicted molar refractivity (Wildman–Crippen MR) is 150 cm³/mol. The van der Waals surface area contributed by atoms with E-state index >= 15 is 0 Å². The molecule has 2 atom stereocenters. The molecule has 0 amide bonds. The van der Waals surface area contributed by atoms with Gasteiger partial charge in [0.25, 0.3) is 0 Å². The summed E-state index contributed by atoms with van der Waals surface area (Å²) in [6, 6.07) is 16.9. The zero-order valence-electron chi connectivity index (χ0n) is 20.8. The third-order valence-electron chi connectivity index (χ3n) is 7.47. The predicted octanol–water partition coefficient (Wildman–Crippen LogP) is 7.68. The Morgan fingerprint density at radius 2 is 1.75 bits per heavy atom. The van der Waals surface area contributed by atoms with Crippen molar-refractivity contribution in [3.63, 3.8) is 0 Å². The van der Waals surface area contributed by atoms with E-state index < -0.39 is 0 Å². The normalized spacial score (nSPS) is 20.9. The van der Waals surface area contributed by atoms with E-state index in [1.165, 1.54) is 11.1 Å². The van der Waals surface area contributed by atoms with Crippen LogP contribution in [0.15, 0.2) is 101 Å². The number of hydrogen-bond donors (Lipinski definition) is 0. The van der Waals surface area contributed by atoms with Gasteiger partial charge >= 0.3 is 0 Å². The Morgan fingerprint density at radius 3 is 2.53 bits per heavy atom. The minimum atomic E-state index is -0.154. The largest absolute Gasteiger partial charge is 0.437 e. The summed E-state index contributed by atoms with van der Waals surface area (Å²) in [4.78, 5) is 14.9. The number of aliphatic imine (C=N–C) groups is 2. The van der Waals surface area contributed by atoms with Gasteiger partial charge in [-0.15, -0.1) is 0 Å². The van der Waals surface area contributed by atoms with Crippen molar-refractivity contribution in [1.82, 2.24) is 4.98 Å². The van der Waals surface area contributed by atoms with Crippen LogP contribution in [0.5, 0.6) is 0 Å². The van der Waals surface area contributed by atoms with Crippen molar-refractivity contribution >= 4 is 33.5 Å². The summed E-state index contributed by atoms with van der Waals surface area (Å²) in [6.07, 6.45) is 5.42. The Hall–Kier alpha value is -4.05. The number of furan rings is 1. The van der Waals surface area contributed by atoms with E-state index in [4.69, 9.17) is 19.4 Å². The highest BCUT2D eigenvalue weighted by molar-refractivity contribution is 6.20. The highest BCUT2D eigenvalue weighted by Gasteiger charge is 2.33. The van der Waals surface area contributed by atoms with Gasteiger partial charge in [-0.2, -0.15) is 0 Å². The second-order valence-corrected chi connectivity index (χ2v) is 9.91. The number of rotatable bonds is 3. The number of hydrogen-bond acceptors (Lipinski definition) is 4. The molecule has 0 spiro atoms. The molecule has 0 bridgehead atoms. The van der Waals surface area contributed by atoms with Gasteiger partial charge in [0.2, 0.25) is 5.71 Å². The molecule has 0 aliphatic carbocycles. The van der Waals surface area contributed by atoms with Crippen LogP contribution in [0, 0.1) is 0 Å². The molecule has 0 saturated carbocycles. The Kier molecular flexibility index (Phi) is 5.33. The van der Waals surface area contributed by atoms with Crippen molar-refractivity contribution in [2.45, 2.75) is 44.6 Å². The quantitative estimate of drug-likeness (QED) is 0.308. The molecule has 0 radical (unpaired) electrons. The van der Waals surface area contributed by atoms with Crippen LogP contribution in [0.2, 0.25) is 0 Å². The smallest absolute Gasteiger partial charge is 0.227 e. The number of allylic oxidation sites excluding steroid dienone is 2. The van der Waals surface area contributed by atoms with Crippen LogP contribution in [-0.2, 0) is 6.42 Å². The lowest BCUT2D eigenvalue weighted by atomic mass is 9.79. The van der Waals surface area contributed by atoms with Crippen molar-refractivity contribution in [1.29, 1.82) is 0 Å². The zero-order valence-corrected chi connectivity index (χ0v) is 20.8. The fourth-order valence-electron chi connectivity index (χ4n) is 5.64. The molecule has 4 heterocycles. The minimum absolute atomic E-state index is 0.154. The summed E-state index contributed by atoms with van der Waals surface area (Å²) in [6.45, 7) is 16.8. The third kappa shape index (κ3) is 3.40. The van der Waals surface area contributed by atoms with Crippen LogP contribution in [0.3, 0.4) is 0 Å². The van der Waals surface area contributed by atoms with Crippen LogP contribution in [0.1, 0.15) is 60.1 Å². The molecular formula is C32H29N3O. The minimum Gasteiger partial charge on any atom is -0.437 e. The molecule has 4 nitrogen and oxygen atoms in total. The number of fused-ring (bicyclic) bond motifs is 8. The van der Waals surface area contributed by atoms with Crippen molar-refractivity contribution < 1.29 is 4.42 Å². The van der Waals surface area contributed by atoms with Gasteiger partial charge in [-0.1, -0.05) is 70.0 Å². The van der Waals surface area contributed by atoms with Gasteiger partial charge in [-0.05, 0) is 54.2 Å². The van der Waals surface area contributed by atoms with Crippen LogP contribution in [0.25, 0.3) is 22.1 Å². The van der Waals surface area contributed by atoms with Crippen LogP contribution in [0.4, 0.5) is 0 Å². The highest BCUT2D eigenvalue weighted by atomic mass is 16.3. The first-order valence-electron chi connectivity index (χ1n) is 12.5. The van der Waals surface area contributed by atoms with Crippen molar-refractivity contribution in [3.8, 4) is 0 Å². The maximum Gasteiger partial charge on any atom is 0.227 e. The van der Waals surface area contributed by atoms with E-state index in [0.717, 1.165) is 63.1 Å². The number of benzene rings is 2. The lowest BCUT2D eigenvalue weighted by molar-refractivity contribution is 0.540. The van der Waals surface area contributed by atoms with E-state index in [1.54, 1.807) is 6.08 Å². The van der Waals surface area contributed by atoms with Crippen molar-refractivity contribution in [3.05, 3.63) is 114 Å². The summed E-state index contributed by atoms with van der Waals surface area (Å²) < 4.78 is 6.45. The Balaban J connectivity index is 1.57. The molecule has 6 rings (SSSR count). The van der Waals surface area contributed by atoms with Crippen LogP contribution >= 0.6 is 0 Å². The number of aryl methyl sites for hydroxylation is 1. The molecule has 36 heavy (non-hydrogen) atoms. The molecule has 2 aliphatic heterocycles. The number of pyridine rings is 1. The lowest BCUT2D eigenvalue weighted by Crippen LogP contribution is -2.27. The van der Waals surface area contributed by atoms with E-state index in [-0.39, 0.29) is 12.0 Å². The average molecular weight is 472 g/mol. The van der Waals surface area contributed by atoms with Gasteiger partial charge in [0, 0.05) is 33.5 Å². The Bertz CT molecular complexity index is 1630.